The number of carbonyl (C=O) groups is 1. The first-order valence-electron chi connectivity index (χ1n) is 8.20. The number of rotatable bonds is 5. The Morgan fingerprint density at radius 3 is 2.46 bits per heavy atom. The summed E-state index contributed by atoms with van der Waals surface area (Å²) in [7, 11) is 4.08. The van der Waals surface area contributed by atoms with Crippen LogP contribution in [0.25, 0.3) is 0 Å². The van der Waals surface area contributed by atoms with Crippen molar-refractivity contribution in [1.82, 2.24) is 10.2 Å². The number of nitrogens with one attached hydrogen (secondary N) is 1. The molecule has 138 valence electrons. The summed E-state index contributed by atoms with van der Waals surface area (Å²) in [5.41, 5.74) is 7.17. The molecule has 1 fully saturated rings. The topological polar surface area (TPSA) is 58.4 Å². The SMILES string of the molecule is CN(C)C(CNC(=O)C1CCCCC1(C)N)c1ccccc1.Cl.Cl. The Morgan fingerprint density at radius 2 is 1.92 bits per heavy atom. The van der Waals surface area contributed by atoms with Gasteiger partial charge in [0.05, 0.1) is 12.0 Å². The number of likely N-dealkylation sites (N-methyl/N-ethyl adjacent to an activating group) is 1. The lowest BCUT2D eigenvalue weighted by Crippen LogP contribution is -2.53. The van der Waals surface area contributed by atoms with Crippen LogP contribution in [0.3, 0.4) is 0 Å². The number of carbonyl (C=O) groups excluding carboxylic acids is 1. The second-order valence-corrected chi connectivity index (χ2v) is 6.94. The van der Waals surface area contributed by atoms with E-state index in [9.17, 15) is 4.79 Å². The van der Waals surface area contributed by atoms with Gasteiger partial charge in [0.25, 0.3) is 0 Å². The maximum absolute atomic E-state index is 12.6. The van der Waals surface area contributed by atoms with E-state index < -0.39 is 0 Å². The van der Waals surface area contributed by atoms with Crippen LogP contribution in [0.15, 0.2) is 30.3 Å². The monoisotopic (exact) mass is 375 g/mol. The van der Waals surface area contributed by atoms with Crippen LogP contribution in [0.2, 0.25) is 0 Å². The zero-order valence-electron chi connectivity index (χ0n) is 14.8. The summed E-state index contributed by atoms with van der Waals surface area (Å²) in [6.45, 7) is 2.62. The summed E-state index contributed by atoms with van der Waals surface area (Å²) < 4.78 is 0. The molecule has 0 spiro atoms. The van der Waals surface area contributed by atoms with Gasteiger partial charge in [-0.05, 0) is 39.4 Å². The fraction of sp³-hybridized carbons (Fsp3) is 0.611. The number of halogens is 2. The van der Waals surface area contributed by atoms with Crippen molar-refractivity contribution in [2.24, 2.45) is 11.7 Å². The molecule has 0 radical (unpaired) electrons. The van der Waals surface area contributed by atoms with Crippen molar-refractivity contribution in [2.75, 3.05) is 20.6 Å². The van der Waals surface area contributed by atoms with Crippen LogP contribution < -0.4 is 11.1 Å². The molecule has 0 heterocycles. The number of hydrogen-bond donors (Lipinski definition) is 2. The minimum absolute atomic E-state index is 0. The van der Waals surface area contributed by atoms with Crippen LogP contribution in [-0.2, 0) is 4.79 Å². The van der Waals surface area contributed by atoms with Crippen LogP contribution in [-0.4, -0.2) is 37.0 Å². The minimum Gasteiger partial charge on any atom is -0.354 e. The molecule has 0 bridgehead atoms. The van der Waals surface area contributed by atoms with Gasteiger partial charge in [0.1, 0.15) is 0 Å². The van der Waals surface area contributed by atoms with Gasteiger partial charge in [-0.15, -0.1) is 24.8 Å². The van der Waals surface area contributed by atoms with Crippen LogP contribution in [0.1, 0.15) is 44.2 Å². The first-order valence-corrected chi connectivity index (χ1v) is 8.20. The highest BCUT2D eigenvalue weighted by atomic mass is 35.5. The van der Waals surface area contributed by atoms with Gasteiger partial charge in [-0.3, -0.25) is 4.79 Å². The van der Waals surface area contributed by atoms with Crippen molar-refractivity contribution in [3.63, 3.8) is 0 Å². The number of nitrogens with two attached hydrogens (primary N) is 1. The summed E-state index contributed by atoms with van der Waals surface area (Å²) in [6, 6.07) is 10.5. The number of benzene rings is 1. The highest BCUT2D eigenvalue weighted by Crippen LogP contribution is 2.31. The van der Waals surface area contributed by atoms with Crippen LogP contribution >= 0.6 is 24.8 Å². The zero-order chi connectivity index (χ0) is 16.2. The molecule has 2 rings (SSSR count). The molecule has 1 aromatic rings. The summed E-state index contributed by atoms with van der Waals surface area (Å²) >= 11 is 0. The largest absolute Gasteiger partial charge is 0.354 e. The van der Waals surface area contributed by atoms with Crippen molar-refractivity contribution in [3.8, 4) is 0 Å². The normalized spacial score (nSPS) is 24.5. The van der Waals surface area contributed by atoms with Crippen LogP contribution in [0.4, 0.5) is 0 Å². The van der Waals surface area contributed by atoms with E-state index in [4.69, 9.17) is 5.73 Å². The molecule has 1 aliphatic carbocycles. The van der Waals surface area contributed by atoms with Gasteiger partial charge in [-0.2, -0.15) is 0 Å². The molecule has 3 atom stereocenters. The maximum Gasteiger partial charge on any atom is 0.225 e. The van der Waals surface area contributed by atoms with Gasteiger partial charge in [0, 0.05) is 12.1 Å². The fourth-order valence-corrected chi connectivity index (χ4v) is 3.38. The Kier molecular flexibility index (Phi) is 9.90. The molecule has 1 aromatic carbocycles. The van der Waals surface area contributed by atoms with Crippen LogP contribution in [0.5, 0.6) is 0 Å². The van der Waals surface area contributed by atoms with Gasteiger partial charge in [-0.25, -0.2) is 0 Å². The van der Waals surface area contributed by atoms with Gasteiger partial charge in [0.2, 0.25) is 5.91 Å². The van der Waals surface area contributed by atoms with E-state index in [0.717, 1.165) is 25.7 Å². The van der Waals surface area contributed by atoms with E-state index in [-0.39, 0.29) is 48.2 Å². The Hall–Kier alpha value is -0.810. The average Bonchev–Trinajstić information content (AvgIpc) is 2.47. The van der Waals surface area contributed by atoms with E-state index in [2.05, 4.69) is 22.3 Å². The second kappa shape index (κ2) is 10.2. The van der Waals surface area contributed by atoms with E-state index in [1.54, 1.807) is 0 Å². The van der Waals surface area contributed by atoms with Crippen molar-refractivity contribution in [1.29, 1.82) is 0 Å². The van der Waals surface area contributed by atoms with E-state index in [1.165, 1.54) is 5.56 Å². The van der Waals surface area contributed by atoms with Crippen molar-refractivity contribution < 1.29 is 4.79 Å². The van der Waals surface area contributed by atoms with Gasteiger partial charge in [-0.1, -0.05) is 43.2 Å². The molecule has 3 unspecified atom stereocenters. The third-order valence-electron chi connectivity index (χ3n) is 4.85. The molecular weight excluding hydrogens is 345 g/mol. The predicted octanol–water partition coefficient (Wildman–Crippen LogP) is 3.16. The molecule has 4 nitrogen and oxygen atoms in total. The first-order chi connectivity index (χ1) is 10.4. The smallest absolute Gasteiger partial charge is 0.225 e. The first kappa shape index (κ1) is 23.2. The zero-order valence-corrected chi connectivity index (χ0v) is 16.5. The predicted molar refractivity (Wildman–Crippen MR) is 105 cm³/mol. The molecule has 1 aliphatic rings. The molecule has 24 heavy (non-hydrogen) atoms. The molecule has 1 amide bonds. The lowest BCUT2D eigenvalue weighted by molar-refractivity contribution is -0.128. The van der Waals surface area contributed by atoms with Crippen molar-refractivity contribution >= 4 is 30.7 Å². The van der Waals surface area contributed by atoms with Gasteiger partial charge >= 0.3 is 0 Å². The Balaban J connectivity index is 0.00000264. The maximum atomic E-state index is 12.6. The molecule has 0 aliphatic heterocycles. The standard InChI is InChI=1S/C18H29N3O.2ClH/c1-18(19)12-8-7-11-15(18)17(22)20-13-16(21(2)3)14-9-5-4-6-10-14;;/h4-6,9-10,15-16H,7-8,11-13,19H2,1-3H3,(H,20,22);2*1H. The summed E-state index contributed by atoms with van der Waals surface area (Å²) in [4.78, 5) is 14.7. The Labute approximate surface area is 158 Å². The summed E-state index contributed by atoms with van der Waals surface area (Å²) in [5, 5.41) is 3.13. The van der Waals surface area contributed by atoms with Gasteiger partial charge < -0.3 is 16.0 Å². The van der Waals surface area contributed by atoms with Crippen molar-refractivity contribution in [2.45, 2.75) is 44.2 Å². The van der Waals surface area contributed by atoms with E-state index in [1.807, 2.05) is 39.2 Å². The minimum atomic E-state index is -0.372. The summed E-state index contributed by atoms with van der Waals surface area (Å²) in [6.07, 6.45) is 4.06. The Morgan fingerprint density at radius 1 is 1.29 bits per heavy atom. The molecular formula is C18H31Cl2N3O. The highest BCUT2D eigenvalue weighted by molar-refractivity contribution is 5.85. The number of nitrogens with zero attached hydrogens (tertiary/aromatic N) is 1. The molecule has 3 N–H and O–H groups in total. The molecule has 1 saturated carbocycles. The molecule has 0 aromatic heterocycles. The lowest BCUT2D eigenvalue weighted by Gasteiger charge is -2.37. The average molecular weight is 376 g/mol. The van der Waals surface area contributed by atoms with Crippen molar-refractivity contribution in [3.05, 3.63) is 35.9 Å². The van der Waals surface area contributed by atoms with E-state index in [0.29, 0.717) is 6.54 Å². The van der Waals surface area contributed by atoms with Gasteiger partial charge in [0.15, 0.2) is 0 Å². The number of hydrogen-bond acceptors (Lipinski definition) is 3. The quantitative estimate of drug-likeness (QED) is 0.830. The van der Waals surface area contributed by atoms with E-state index >= 15 is 0 Å². The van der Waals surface area contributed by atoms with Crippen LogP contribution in [0, 0.1) is 5.92 Å². The Bertz CT molecular complexity index is 494. The number of amides is 1. The fourth-order valence-electron chi connectivity index (χ4n) is 3.38. The lowest BCUT2D eigenvalue weighted by atomic mass is 9.74. The molecule has 0 saturated heterocycles. The summed E-state index contributed by atoms with van der Waals surface area (Å²) in [5.74, 6) is 0.0346. The second-order valence-electron chi connectivity index (χ2n) is 6.94. The highest BCUT2D eigenvalue weighted by Gasteiger charge is 2.37. The third kappa shape index (κ3) is 5.92. The third-order valence-corrected chi connectivity index (χ3v) is 4.85. The molecule has 6 heteroatoms.